The van der Waals surface area contributed by atoms with Crippen molar-refractivity contribution in [2.24, 2.45) is 0 Å². The quantitative estimate of drug-likeness (QED) is 0.272. The molecule has 0 saturated heterocycles. The van der Waals surface area contributed by atoms with E-state index in [1.54, 1.807) is 0 Å². The summed E-state index contributed by atoms with van der Waals surface area (Å²) in [6.07, 6.45) is 0. The minimum Gasteiger partial charge on any atom is -0.152 e. The Balaban J connectivity index is 0.000000173. The molecule has 4 rings (SSSR count). The summed E-state index contributed by atoms with van der Waals surface area (Å²) >= 11 is 0. The molecule has 0 aliphatic heterocycles. The zero-order valence-electron chi connectivity index (χ0n) is 14.6. The molecule has 0 N–H and O–H groups in total. The first-order chi connectivity index (χ1) is 11.7. The van der Waals surface area contributed by atoms with Gasteiger partial charge in [-0.05, 0) is 13.8 Å². The van der Waals surface area contributed by atoms with Gasteiger partial charge in [0.1, 0.15) is 0 Å². The first kappa shape index (κ1) is 19.0. The van der Waals surface area contributed by atoms with E-state index in [1.165, 1.54) is 33.4 Å². The minimum atomic E-state index is 0. The van der Waals surface area contributed by atoms with Crippen LogP contribution in [-0.4, -0.2) is 0 Å². The molecule has 0 amide bonds. The molecule has 0 nitrogen and oxygen atoms in total. The van der Waals surface area contributed by atoms with Crippen molar-refractivity contribution < 1.29 is 17.1 Å². The van der Waals surface area contributed by atoms with Crippen LogP contribution in [0.15, 0.2) is 97.1 Å². The van der Waals surface area contributed by atoms with Crippen LogP contribution < -0.4 is 0 Å². The van der Waals surface area contributed by atoms with E-state index in [0.717, 1.165) is 0 Å². The summed E-state index contributed by atoms with van der Waals surface area (Å²) in [6, 6.07) is 34.0. The van der Waals surface area contributed by atoms with Crippen molar-refractivity contribution in [3.8, 4) is 22.3 Å². The van der Waals surface area contributed by atoms with Crippen LogP contribution in [0.4, 0.5) is 0 Å². The van der Waals surface area contributed by atoms with E-state index < -0.39 is 0 Å². The van der Waals surface area contributed by atoms with E-state index in [4.69, 9.17) is 0 Å². The van der Waals surface area contributed by atoms with Crippen LogP contribution in [0.25, 0.3) is 22.3 Å². The zero-order chi connectivity index (χ0) is 16.8. The molecular weight excluding hydrogens is 344 g/mol. The monoisotopic (exact) mass is 366 g/mol. The Morgan fingerprint density at radius 2 is 0.760 bits per heavy atom. The molecule has 0 bridgehead atoms. The molecule has 0 fully saturated rings. The Morgan fingerprint density at radius 1 is 0.480 bits per heavy atom. The largest absolute Gasteiger partial charge is 2.00 e. The van der Waals surface area contributed by atoms with Gasteiger partial charge in [-0.2, -0.15) is 24.3 Å². The van der Waals surface area contributed by atoms with E-state index in [0.29, 0.717) is 0 Å². The summed E-state index contributed by atoms with van der Waals surface area (Å²) in [6.45, 7) is 4.21. The molecule has 0 aliphatic rings. The predicted molar refractivity (Wildman–Crippen MR) is 104 cm³/mol. The van der Waals surface area contributed by atoms with E-state index in [9.17, 15) is 0 Å². The van der Waals surface area contributed by atoms with Crippen molar-refractivity contribution in [3.05, 3.63) is 108 Å². The standard InChI is InChI=1S/2C12H11.Fe/c2*1-10-6-8-12(9-7-10)11-4-2-3-5-11;/h2*2-9H,1H3;/q2*-1;+2. The van der Waals surface area contributed by atoms with E-state index in [-0.39, 0.29) is 17.1 Å². The van der Waals surface area contributed by atoms with Crippen molar-refractivity contribution in [1.82, 2.24) is 0 Å². The molecule has 1 heteroatoms. The molecule has 0 radical (unpaired) electrons. The maximum absolute atomic E-state index is 2.16. The summed E-state index contributed by atoms with van der Waals surface area (Å²) < 4.78 is 0. The van der Waals surface area contributed by atoms with E-state index >= 15 is 0 Å². The maximum atomic E-state index is 2.16. The van der Waals surface area contributed by atoms with Crippen molar-refractivity contribution in [2.45, 2.75) is 13.8 Å². The molecule has 0 saturated carbocycles. The van der Waals surface area contributed by atoms with Crippen LogP contribution >= 0.6 is 0 Å². The summed E-state index contributed by atoms with van der Waals surface area (Å²) in [7, 11) is 0. The fourth-order valence-corrected chi connectivity index (χ4v) is 2.62. The molecule has 0 atom stereocenters. The third-order valence-electron chi connectivity index (χ3n) is 4.10. The summed E-state index contributed by atoms with van der Waals surface area (Å²) in [5.41, 5.74) is 7.82. The molecule has 0 unspecified atom stereocenters. The van der Waals surface area contributed by atoms with Crippen molar-refractivity contribution in [2.75, 3.05) is 0 Å². The van der Waals surface area contributed by atoms with Crippen molar-refractivity contribution >= 4 is 0 Å². The fraction of sp³-hybridized carbons (Fsp3) is 0.0833. The SMILES string of the molecule is Cc1ccc(-[c-]2cccc2)cc1.Cc1ccc(-[c-]2cccc2)cc1.[Fe+2]. The van der Waals surface area contributed by atoms with Crippen LogP contribution in [0.2, 0.25) is 0 Å². The molecule has 0 aliphatic carbocycles. The zero-order valence-corrected chi connectivity index (χ0v) is 15.7. The Morgan fingerprint density at radius 3 is 1.04 bits per heavy atom. The smallest absolute Gasteiger partial charge is 0.152 e. The van der Waals surface area contributed by atoms with Gasteiger partial charge in [0.05, 0.1) is 0 Å². The van der Waals surface area contributed by atoms with Gasteiger partial charge in [-0.15, -0.1) is 59.7 Å². The van der Waals surface area contributed by atoms with Gasteiger partial charge in [0.2, 0.25) is 0 Å². The average Bonchev–Trinajstić information content (AvgIpc) is 3.31. The van der Waals surface area contributed by atoms with Crippen LogP contribution in [-0.2, 0) is 17.1 Å². The van der Waals surface area contributed by atoms with E-state index in [1.807, 2.05) is 0 Å². The first-order valence-electron chi connectivity index (χ1n) is 8.30. The van der Waals surface area contributed by atoms with Crippen LogP contribution in [0.1, 0.15) is 11.1 Å². The molecule has 25 heavy (non-hydrogen) atoms. The van der Waals surface area contributed by atoms with Crippen LogP contribution in [0.5, 0.6) is 0 Å². The summed E-state index contributed by atoms with van der Waals surface area (Å²) in [5.74, 6) is 0. The molecule has 4 aromatic rings. The Labute approximate surface area is 161 Å². The number of hydrogen-bond acceptors (Lipinski definition) is 0. The molecule has 4 aromatic carbocycles. The van der Waals surface area contributed by atoms with Crippen molar-refractivity contribution in [1.29, 1.82) is 0 Å². The topological polar surface area (TPSA) is 0 Å². The van der Waals surface area contributed by atoms with Gasteiger partial charge in [-0.3, -0.25) is 0 Å². The Bertz CT molecular complexity index is 758. The van der Waals surface area contributed by atoms with Gasteiger partial charge in [-0.25, -0.2) is 0 Å². The first-order valence-corrected chi connectivity index (χ1v) is 8.30. The van der Waals surface area contributed by atoms with Gasteiger partial charge >= 0.3 is 17.1 Å². The van der Waals surface area contributed by atoms with Gasteiger partial charge in [0.15, 0.2) is 0 Å². The van der Waals surface area contributed by atoms with Crippen LogP contribution in [0, 0.1) is 13.8 Å². The number of hydrogen-bond donors (Lipinski definition) is 0. The molecule has 0 aromatic heterocycles. The number of rotatable bonds is 2. The average molecular weight is 366 g/mol. The van der Waals surface area contributed by atoms with Gasteiger partial charge in [-0.1, -0.05) is 46.5 Å². The molecule has 0 heterocycles. The van der Waals surface area contributed by atoms with E-state index in [2.05, 4.69) is 111 Å². The third-order valence-corrected chi connectivity index (χ3v) is 4.10. The second-order valence-electron chi connectivity index (χ2n) is 6.08. The summed E-state index contributed by atoms with van der Waals surface area (Å²) in [4.78, 5) is 0. The Hall–Kier alpha value is -2.34. The van der Waals surface area contributed by atoms with Gasteiger partial charge in [0, 0.05) is 0 Å². The molecule has 0 spiro atoms. The minimum absolute atomic E-state index is 0. The van der Waals surface area contributed by atoms with Crippen LogP contribution in [0.3, 0.4) is 0 Å². The Kier molecular flexibility index (Phi) is 7.01. The molecule has 126 valence electrons. The third kappa shape index (κ3) is 5.32. The fourth-order valence-electron chi connectivity index (χ4n) is 2.62. The predicted octanol–water partition coefficient (Wildman–Crippen LogP) is 6.76. The molecular formula is C24H22Fe. The van der Waals surface area contributed by atoms with Gasteiger partial charge < -0.3 is 0 Å². The number of aryl methyl sites for hydroxylation is 2. The number of benzene rings is 2. The summed E-state index contributed by atoms with van der Waals surface area (Å²) in [5, 5.41) is 0. The normalized spacial score (nSPS) is 9.68. The second-order valence-corrected chi connectivity index (χ2v) is 6.08. The van der Waals surface area contributed by atoms with Gasteiger partial charge in [0.25, 0.3) is 0 Å². The maximum Gasteiger partial charge on any atom is 2.00 e. The van der Waals surface area contributed by atoms with Crippen molar-refractivity contribution in [3.63, 3.8) is 0 Å². The second kappa shape index (κ2) is 9.22.